The predicted octanol–water partition coefficient (Wildman–Crippen LogP) is -0.0319. The lowest BCUT2D eigenvalue weighted by molar-refractivity contribution is -0.119. The number of carbonyl (C=O) groups is 1. The van der Waals surface area contributed by atoms with E-state index in [0.717, 1.165) is 25.3 Å². The van der Waals surface area contributed by atoms with E-state index in [1.54, 1.807) is 16.9 Å². The van der Waals surface area contributed by atoms with Crippen molar-refractivity contribution in [1.29, 1.82) is 0 Å². The zero-order chi connectivity index (χ0) is 9.97. The summed E-state index contributed by atoms with van der Waals surface area (Å²) in [6.45, 7) is 1.72. The van der Waals surface area contributed by atoms with Crippen LogP contribution in [0.4, 0.5) is 5.82 Å². The molecule has 1 aliphatic rings. The van der Waals surface area contributed by atoms with Gasteiger partial charge in [0.2, 0.25) is 5.91 Å². The van der Waals surface area contributed by atoms with E-state index >= 15 is 0 Å². The minimum atomic E-state index is 0.0820. The molecule has 0 radical (unpaired) electrons. The van der Waals surface area contributed by atoms with Crippen molar-refractivity contribution in [3.05, 3.63) is 12.3 Å². The first-order valence-corrected chi connectivity index (χ1v) is 4.77. The van der Waals surface area contributed by atoms with Gasteiger partial charge in [-0.1, -0.05) is 0 Å². The van der Waals surface area contributed by atoms with Crippen LogP contribution in [0.3, 0.4) is 0 Å². The largest absolute Gasteiger partial charge is 0.316 e. The lowest BCUT2D eigenvalue weighted by Crippen LogP contribution is -2.25. The van der Waals surface area contributed by atoms with Gasteiger partial charge in [0.1, 0.15) is 5.82 Å². The predicted molar refractivity (Wildman–Crippen MR) is 52.8 cm³/mol. The molecule has 1 aliphatic heterocycles. The highest BCUT2D eigenvalue weighted by molar-refractivity contribution is 5.92. The molecule has 14 heavy (non-hydrogen) atoms. The highest BCUT2D eigenvalue weighted by Gasteiger charge is 2.22. The first kappa shape index (κ1) is 9.21. The van der Waals surface area contributed by atoms with Gasteiger partial charge in [-0.25, -0.2) is 0 Å². The maximum Gasteiger partial charge on any atom is 0.229 e. The van der Waals surface area contributed by atoms with Crippen molar-refractivity contribution >= 4 is 11.7 Å². The molecule has 1 aromatic rings. The Kier molecular flexibility index (Phi) is 2.49. The molecule has 76 valence electrons. The summed E-state index contributed by atoms with van der Waals surface area (Å²) in [6.07, 6.45) is 2.59. The summed E-state index contributed by atoms with van der Waals surface area (Å²) >= 11 is 0. The molecule has 2 rings (SSSR count). The minimum Gasteiger partial charge on any atom is -0.316 e. The van der Waals surface area contributed by atoms with Crippen molar-refractivity contribution in [3.8, 4) is 0 Å². The monoisotopic (exact) mass is 194 g/mol. The summed E-state index contributed by atoms with van der Waals surface area (Å²) in [5, 5.41) is 10.0. The summed E-state index contributed by atoms with van der Waals surface area (Å²) in [6, 6.07) is 1.79. The zero-order valence-electron chi connectivity index (χ0n) is 8.16. The molecule has 1 fully saturated rings. The standard InChI is InChI=1S/C9H14N4O/c1-13-8(3-5-11-13)12-9(14)7-2-4-10-6-7/h3,5,7,10H,2,4,6H2,1H3,(H,12,14). The second-order valence-corrected chi connectivity index (χ2v) is 3.52. The number of anilines is 1. The molecule has 2 N–H and O–H groups in total. The minimum absolute atomic E-state index is 0.0820. The molecule has 0 bridgehead atoms. The topological polar surface area (TPSA) is 59.0 Å². The van der Waals surface area contributed by atoms with Crippen molar-refractivity contribution in [3.63, 3.8) is 0 Å². The van der Waals surface area contributed by atoms with Gasteiger partial charge >= 0.3 is 0 Å². The smallest absolute Gasteiger partial charge is 0.229 e. The van der Waals surface area contributed by atoms with Crippen LogP contribution in [-0.2, 0) is 11.8 Å². The van der Waals surface area contributed by atoms with Crippen LogP contribution in [0, 0.1) is 5.92 Å². The molecular formula is C9H14N4O. The van der Waals surface area contributed by atoms with Crippen LogP contribution in [0.15, 0.2) is 12.3 Å². The lowest BCUT2D eigenvalue weighted by Gasteiger charge is -2.09. The van der Waals surface area contributed by atoms with Crippen molar-refractivity contribution in [2.75, 3.05) is 18.4 Å². The fraction of sp³-hybridized carbons (Fsp3) is 0.556. The van der Waals surface area contributed by atoms with E-state index in [1.165, 1.54) is 0 Å². The van der Waals surface area contributed by atoms with Gasteiger partial charge in [0.25, 0.3) is 0 Å². The molecule has 1 aromatic heterocycles. The molecule has 1 atom stereocenters. The van der Waals surface area contributed by atoms with Gasteiger partial charge in [-0.05, 0) is 13.0 Å². The molecule has 5 heteroatoms. The number of rotatable bonds is 2. The van der Waals surface area contributed by atoms with E-state index in [4.69, 9.17) is 0 Å². The molecule has 1 amide bonds. The van der Waals surface area contributed by atoms with Crippen molar-refractivity contribution in [2.45, 2.75) is 6.42 Å². The molecule has 0 saturated carbocycles. The quantitative estimate of drug-likeness (QED) is 0.695. The number of amides is 1. The molecule has 0 aromatic carbocycles. The number of aromatic nitrogens is 2. The number of nitrogens with one attached hydrogen (secondary N) is 2. The molecule has 1 unspecified atom stereocenters. The third-order valence-electron chi connectivity index (χ3n) is 2.50. The third kappa shape index (κ3) is 1.77. The lowest BCUT2D eigenvalue weighted by atomic mass is 10.1. The van der Waals surface area contributed by atoms with Gasteiger partial charge in [-0.3, -0.25) is 9.48 Å². The van der Waals surface area contributed by atoms with Gasteiger partial charge in [0.05, 0.1) is 12.1 Å². The Hall–Kier alpha value is -1.36. The number of hydrogen-bond acceptors (Lipinski definition) is 3. The van der Waals surface area contributed by atoms with Gasteiger partial charge in [-0.15, -0.1) is 0 Å². The summed E-state index contributed by atoms with van der Waals surface area (Å²) in [4.78, 5) is 11.7. The average Bonchev–Trinajstić information content (AvgIpc) is 2.77. The summed E-state index contributed by atoms with van der Waals surface area (Å²) < 4.78 is 1.65. The average molecular weight is 194 g/mol. The highest BCUT2D eigenvalue weighted by Crippen LogP contribution is 2.11. The fourth-order valence-electron chi connectivity index (χ4n) is 1.60. The van der Waals surface area contributed by atoms with Crippen LogP contribution in [0.5, 0.6) is 0 Å². The van der Waals surface area contributed by atoms with Crippen LogP contribution in [0.1, 0.15) is 6.42 Å². The van der Waals surface area contributed by atoms with Crippen LogP contribution in [0.25, 0.3) is 0 Å². The Labute approximate surface area is 82.5 Å². The van der Waals surface area contributed by atoms with E-state index in [1.807, 2.05) is 7.05 Å². The molecule has 2 heterocycles. The SMILES string of the molecule is Cn1nccc1NC(=O)C1CCNC1. The van der Waals surface area contributed by atoms with Crippen LogP contribution in [-0.4, -0.2) is 28.8 Å². The summed E-state index contributed by atoms with van der Waals surface area (Å²) in [5.74, 6) is 0.936. The maximum absolute atomic E-state index is 11.7. The zero-order valence-corrected chi connectivity index (χ0v) is 8.16. The van der Waals surface area contributed by atoms with E-state index < -0.39 is 0 Å². The first-order chi connectivity index (χ1) is 6.77. The number of nitrogens with zero attached hydrogens (tertiary/aromatic N) is 2. The van der Waals surface area contributed by atoms with Gasteiger partial charge in [0.15, 0.2) is 0 Å². The number of hydrogen-bond donors (Lipinski definition) is 2. The van der Waals surface area contributed by atoms with Gasteiger partial charge in [0, 0.05) is 19.7 Å². The maximum atomic E-state index is 11.7. The third-order valence-corrected chi connectivity index (χ3v) is 2.50. The Balaban J connectivity index is 1.97. The van der Waals surface area contributed by atoms with E-state index in [-0.39, 0.29) is 11.8 Å². The summed E-state index contributed by atoms with van der Waals surface area (Å²) in [5.41, 5.74) is 0. The fourth-order valence-corrected chi connectivity index (χ4v) is 1.60. The van der Waals surface area contributed by atoms with Crippen molar-refractivity contribution in [2.24, 2.45) is 13.0 Å². The summed E-state index contributed by atoms with van der Waals surface area (Å²) in [7, 11) is 1.81. The number of carbonyl (C=O) groups excluding carboxylic acids is 1. The van der Waals surface area contributed by atoms with E-state index in [9.17, 15) is 4.79 Å². The van der Waals surface area contributed by atoms with Crippen LogP contribution < -0.4 is 10.6 Å². The van der Waals surface area contributed by atoms with Crippen LogP contribution in [0.2, 0.25) is 0 Å². The Bertz CT molecular complexity index is 327. The van der Waals surface area contributed by atoms with E-state index in [0.29, 0.717) is 0 Å². The molecule has 0 aliphatic carbocycles. The second-order valence-electron chi connectivity index (χ2n) is 3.52. The first-order valence-electron chi connectivity index (χ1n) is 4.77. The molecule has 0 spiro atoms. The Morgan fingerprint density at radius 3 is 3.21 bits per heavy atom. The second kappa shape index (κ2) is 3.79. The van der Waals surface area contributed by atoms with Crippen LogP contribution >= 0.6 is 0 Å². The molecule has 5 nitrogen and oxygen atoms in total. The van der Waals surface area contributed by atoms with E-state index in [2.05, 4.69) is 15.7 Å². The number of aryl methyl sites for hydroxylation is 1. The van der Waals surface area contributed by atoms with Crippen molar-refractivity contribution < 1.29 is 4.79 Å². The molecular weight excluding hydrogens is 180 g/mol. The Morgan fingerprint density at radius 2 is 2.64 bits per heavy atom. The Morgan fingerprint density at radius 1 is 1.79 bits per heavy atom. The normalized spacial score (nSPS) is 21.1. The van der Waals surface area contributed by atoms with Crippen molar-refractivity contribution in [1.82, 2.24) is 15.1 Å². The van der Waals surface area contributed by atoms with Gasteiger partial charge in [-0.2, -0.15) is 5.10 Å². The molecule has 1 saturated heterocycles. The highest BCUT2D eigenvalue weighted by atomic mass is 16.2. The van der Waals surface area contributed by atoms with Gasteiger partial charge < -0.3 is 10.6 Å².